The van der Waals surface area contributed by atoms with Gasteiger partial charge >= 0.3 is 0 Å². The minimum absolute atomic E-state index is 0.287. The Labute approximate surface area is 157 Å². The predicted octanol–water partition coefficient (Wildman–Crippen LogP) is 2.08. The van der Waals surface area contributed by atoms with Gasteiger partial charge in [0, 0.05) is 25.9 Å². The Morgan fingerprint density at radius 2 is 1.85 bits per heavy atom. The summed E-state index contributed by atoms with van der Waals surface area (Å²) in [5, 5.41) is 11.1. The van der Waals surface area contributed by atoms with E-state index in [0.717, 1.165) is 31.7 Å². The van der Waals surface area contributed by atoms with Crippen molar-refractivity contribution in [2.75, 3.05) is 43.6 Å². The van der Waals surface area contributed by atoms with Crippen LogP contribution in [0.15, 0.2) is 36.4 Å². The van der Waals surface area contributed by atoms with E-state index >= 15 is 0 Å². The fraction of sp³-hybridized carbons (Fsp3) is 0.421. The highest BCUT2D eigenvalue weighted by Crippen LogP contribution is 2.32. The molecule has 142 valence electrons. The van der Waals surface area contributed by atoms with E-state index in [2.05, 4.69) is 20.4 Å². The summed E-state index contributed by atoms with van der Waals surface area (Å²) in [6.07, 6.45) is 1.61. The summed E-state index contributed by atoms with van der Waals surface area (Å²) in [7, 11) is 1.53. The molecule has 8 heteroatoms. The number of hydrogen-bond donors (Lipinski definition) is 1. The lowest BCUT2D eigenvalue weighted by Gasteiger charge is -2.37. The summed E-state index contributed by atoms with van der Waals surface area (Å²) in [4.78, 5) is 14.6. The molecule has 2 fully saturated rings. The average Bonchev–Trinajstić information content (AvgIpc) is 3.17. The van der Waals surface area contributed by atoms with E-state index < -0.39 is 5.79 Å². The van der Waals surface area contributed by atoms with Crippen molar-refractivity contribution in [1.29, 1.82) is 0 Å². The maximum atomic E-state index is 12.4. The molecular formula is C19H22N4O4. The van der Waals surface area contributed by atoms with Crippen LogP contribution < -0.4 is 15.0 Å². The molecule has 3 heterocycles. The molecule has 1 N–H and O–H groups in total. The van der Waals surface area contributed by atoms with Crippen molar-refractivity contribution in [2.24, 2.45) is 0 Å². The molecule has 0 bridgehead atoms. The van der Waals surface area contributed by atoms with Crippen molar-refractivity contribution >= 4 is 17.5 Å². The molecule has 8 nitrogen and oxygen atoms in total. The second-order valence-electron chi connectivity index (χ2n) is 6.53. The third kappa shape index (κ3) is 3.72. The second kappa shape index (κ2) is 7.50. The molecule has 0 unspecified atom stereocenters. The number of ether oxygens (including phenoxy) is 3. The number of nitrogens with zero attached hydrogens (tertiary/aromatic N) is 3. The van der Waals surface area contributed by atoms with Gasteiger partial charge in [-0.2, -0.15) is 0 Å². The number of benzene rings is 1. The number of piperidine rings is 1. The number of nitrogens with one attached hydrogen (secondary N) is 1. The maximum Gasteiger partial charge on any atom is 0.260 e. The lowest BCUT2D eigenvalue weighted by Crippen LogP contribution is -2.45. The minimum atomic E-state index is -0.410. The lowest BCUT2D eigenvalue weighted by atomic mass is 10.0. The third-order valence-corrected chi connectivity index (χ3v) is 4.91. The van der Waals surface area contributed by atoms with Gasteiger partial charge in [-0.3, -0.25) is 4.79 Å². The van der Waals surface area contributed by atoms with Crippen LogP contribution in [0.3, 0.4) is 0 Å². The van der Waals surface area contributed by atoms with Crippen LogP contribution in [0, 0.1) is 0 Å². The number of amides is 1. The number of rotatable bonds is 4. The van der Waals surface area contributed by atoms with Crippen molar-refractivity contribution in [3.8, 4) is 5.75 Å². The molecule has 1 amide bonds. The van der Waals surface area contributed by atoms with Gasteiger partial charge in [-0.1, -0.05) is 12.1 Å². The molecular weight excluding hydrogens is 348 g/mol. The summed E-state index contributed by atoms with van der Waals surface area (Å²) in [5.41, 5.74) is 0.448. The smallest absolute Gasteiger partial charge is 0.260 e. The van der Waals surface area contributed by atoms with Gasteiger partial charge in [0.25, 0.3) is 5.91 Å². The summed E-state index contributed by atoms with van der Waals surface area (Å²) < 4.78 is 16.7. The number of para-hydroxylation sites is 1. The van der Waals surface area contributed by atoms with Crippen LogP contribution in [0.25, 0.3) is 0 Å². The molecule has 2 aromatic rings. The quantitative estimate of drug-likeness (QED) is 0.882. The average molecular weight is 370 g/mol. The van der Waals surface area contributed by atoms with E-state index in [9.17, 15) is 4.79 Å². The first-order valence-electron chi connectivity index (χ1n) is 9.00. The van der Waals surface area contributed by atoms with Crippen LogP contribution >= 0.6 is 0 Å². The normalized spacial score (nSPS) is 18.5. The van der Waals surface area contributed by atoms with Gasteiger partial charge in [0.05, 0.1) is 25.9 Å². The minimum Gasteiger partial charge on any atom is -0.496 e. The zero-order chi connectivity index (χ0) is 18.7. The highest BCUT2D eigenvalue weighted by Gasteiger charge is 2.40. The molecule has 0 radical (unpaired) electrons. The molecule has 0 aliphatic carbocycles. The molecule has 4 rings (SSSR count). The number of methoxy groups -OCH3 is 1. The van der Waals surface area contributed by atoms with Crippen LogP contribution in [-0.4, -0.2) is 55.3 Å². The molecule has 1 spiro atoms. The van der Waals surface area contributed by atoms with Gasteiger partial charge in [0.2, 0.25) is 0 Å². The van der Waals surface area contributed by atoms with Gasteiger partial charge in [0.1, 0.15) is 5.75 Å². The first-order chi connectivity index (χ1) is 13.2. The summed E-state index contributed by atoms with van der Waals surface area (Å²) in [6, 6.07) is 10.7. The monoisotopic (exact) mass is 370 g/mol. The first kappa shape index (κ1) is 17.7. The molecule has 1 aromatic carbocycles. The van der Waals surface area contributed by atoms with Crippen LogP contribution in [-0.2, 0) is 9.47 Å². The Kier molecular flexibility index (Phi) is 4.91. The standard InChI is InChI=1S/C19H22N4O4/c1-25-15-5-3-2-4-14(15)18(24)20-16-6-7-17(22-21-16)23-10-8-19(9-11-23)26-12-13-27-19/h2-7H,8-13H2,1H3,(H,20,21,24). The van der Waals surface area contributed by atoms with E-state index in [1.54, 1.807) is 24.3 Å². The second-order valence-corrected chi connectivity index (χ2v) is 6.53. The van der Waals surface area contributed by atoms with Gasteiger partial charge in [-0.15, -0.1) is 10.2 Å². The van der Waals surface area contributed by atoms with E-state index in [4.69, 9.17) is 14.2 Å². The molecule has 0 atom stereocenters. The SMILES string of the molecule is COc1ccccc1C(=O)Nc1ccc(N2CCC3(CC2)OCCO3)nn1. The first-order valence-corrected chi connectivity index (χ1v) is 9.00. The summed E-state index contributed by atoms with van der Waals surface area (Å²) in [5.74, 6) is 0.985. The van der Waals surface area contributed by atoms with Gasteiger partial charge in [-0.25, -0.2) is 0 Å². The van der Waals surface area contributed by atoms with Gasteiger partial charge < -0.3 is 24.4 Å². The highest BCUT2D eigenvalue weighted by atomic mass is 16.7. The highest BCUT2D eigenvalue weighted by molar-refractivity contribution is 6.05. The molecule has 27 heavy (non-hydrogen) atoms. The Balaban J connectivity index is 1.38. The molecule has 0 saturated carbocycles. The van der Waals surface area contributed by atoms with Crippen molar-refractivity contribution in [1.82, 2.24) is 10.2 Å². The zero-order valence-electron chi connectivity index (χ0n) is 15.2. The van der Waals surface area contributed by atoms with E-state index in [1.807, 2.05) is 12.1 Å². The molecule has 2 saturated heterocycles. The lowest BCUT2D eigenvalue weighted by molar-refractivity contribution is -0.169. The summed E-state index contributed by atoms with van der Waals surface area (Å²) >= 11 is 0. The van der Waals surface area contributed by atoms with Crippen LogP contribution in [0.2, 0.25) is 0 Å². The summed E-state index contributed by atoms with van der Waals surface area (Å²) in [6.45, 7) is 2.92. The van der Waals surface area contributed by atoms with Crippen molar-refractivity contribution in [3.63, 3.8) is 0 Å². The third-order valence-electron chi connectivity index (χ3n) is 4.91. The number of hydrogen-bond acceptors (Lipinski definition) is 7. The largest absolute Gasteiger partial charge is 0.496 e. The predicted molar refractivity (Wildman–Crippen MR) is 99.1 cm³/mol. The van der Waals surface area contributed by atoms with Crippen molar-refractivity contribution in [3.05, 3.63) is 42.0 Å². The molecule has 2 aliphatic heterocycles. The van der Waals surface area contributed by atoms with Crippen LogP contribution in [0.5, 0.6) is 5.75 Å². The van der Waals surface area contributed by atoms with Crippen LogP contribution in [0.1, 0.15) is 23.2 Å². The molecule has 2 aliphatic rings. The van der Waals surface area contributed by atoms with Gasteiger partial charge in [0.15, 0.2) is 17.4 Å². The Bertz CT molecular complexity index is 796. The van der Waals surface area contributed by atoms with Gasteiger partial charge in [-0.05, 0) is 24.3 Å². The zero-order valence-corrected chi connectivity index (χ0v) is 15.2. The van der Waals surface area contributed by atoms with E-state index in [1.165, 1.54) is 7.11 Å². The number of anilines is 2. The molecule has 1 aromatic heterocycles. The Morgan fingerprint density at radius 3 is 2.52 bits per heavy atom. The van der Waals surface area contributed by atoms with Crippen LogP contribution in [0.4, 0.5) is 11.6 Å². The Morgan fingerprint density at radius 1 is 1.11 bits per heavy atom. The van der Waals surface area contributed by atoms with Crippen molar-refractivity contribution in [2.45, 2.75) is 18.6 Å². The van der Waals surface area contributed by atoms with Crippen molar-refractivity contribution < 1.29 is 19.0 Å². The van der Waals surface area contributed by atoms with E-state index in [-0.39, 0.29) is 5.91 Å². The Hall–Kier alpha value is -2.71. The number of aromatic nitrogens is 2. The number of carbonyl (C=O) groups excluding carboxylic acids is 1. The topological polar surface area (TPSA) is 85.8 Å². The number of carbonyl (C=O) groups is 1. The van der Waals surface area contributed by atoms with E-state index in [0.29, 0.717) is 30.3 Å². The fourth-order valence-electron chi connectivity index (χ4n) is 3.44. The fourth-order valence-corrected chi connectivity index (χ4v) is 3.44. The maximum absolute atomic E-state index is 12.4.